The Labute approximate surface area is 126 Å². The van der Waals surface area contributed by atoms with Gasteiger partial charge in [0.15, 0.2) is 0 Å². The van der Waals surface area contributed by atoms with Crippen molar-refractivity contribution in [2.45, 2.75) is 11.5 Å². The molecule has 0 saturated carbocycles. The van der Waals surface area contributed by atoms with Crippen LogP contribution in [0.4, 0.5) is 0 Å². The predicted molar refractivity (Wildman–Crippen MR) is 80.5 cm³/mol. The van der Waals surface area contributed by atoms with Crippen molar-refractivity contribution in [2.75, 3.05) is 6.26 Å². The van der Waals surface area contributed by atoms with Crippen molar-refractivity contribution in [2.24, 2.45) is 0 Å². The van der Waals surface area contributed by atoms with Crippen molar-refractivity contribution in [3.05, 3.63) is 58.6 Å². The molecular formula is C15H13ClO3S. The van der Waals surface area contributed by atoms with Crippen LogP contribution in [-0.4, -0.2) is 17.3 Å². The van der Waals surface area contributed by atoms with Crippen LogP contribution in [0, 0.1) is 0 Å². The maximum Gasteiger partial charge on any atom is 0.342 e. The largest absolute Gasteiger partial charge is 0.507 e. The van der Waals surface area contributed by atoms with Crippen LogP contribution >= 0.6 is 23.4 Å². The van der Waals surface area contributed by atoms with E-state index in [4.69, 9.17) is 16.3 Å². The summed E-state index contributed by atoms with van der Waals surface area (Å²) in [5.41, 5.74) is 0.955. The number of carbonyl (C=O) groups is 1. The highest BCUT2D eigenvalue weighted by Crippen LogP contribution is 2.23. The van der Waals surface area contributed by atoms with E-state index in [9.17, 15) is 9.90 Å². The van der Waals surface area contributed by atoms with Gasteiger partial charge in [-0.3, -0.25) is 0 Å². The molecule has 0 spiro atoms. The van der Waals surface area contributed by atoms with Crippen LogP contribution in [0.5, 0.6) is 5.75 Å². The summed E-state index contributed by atoms with van der Waals surface area (Å²) in [5, 5.41) is 9.98. The fraction of sp³-hybridized carbons (Fsp3) is 0.133. The number of aromatic hydroxyl groups is 1. The molecule has 2 aromatic carbocycles. The van der Waals surface area contributed by atoms with Crippen LogP contribution < -0.4 is 0 Å². The molecule has 0 saturated heterocycles. The molecule has 0 radical (unpaired) electrons. The zero-order chi connectivity index (χ0) is 14.5. The minimum absolute atomic E-state index is 0.0678. The third kappa shape index (κ3) is 3.68. The van der Waals surface area contributed by atoms with Gasteiger partial charge in [0.25, 0.3) is 0 Å². The number of phenolic OH excluding ortho intramolecular Hbond substituents is 1. The summed E-state index contributed by atoms with van der Waals surface area (Å²) in [6.45, 7) is 0.152. The van der Waals surface area contributed by atoms with Gasteiger partial charge in [0.1, 0.15) is 17.9 Å². The molecule has 5 heteroatoms. The van der Waals surface area contributed by atoms with Gasteiger partial charge >= 0.3 is 5.97 Å². The number of hydrogen-bond acceptors (Lipinski definition) is 4. The molecule has 2 rings (SSSR count). The first-order chi connectivity index (χ1) is 9.60. The van der Waals surface area contributed by atoms with Gasteiger partial charge in [-0.05, 0) is 42.2 Å². The average Bonchev–Trinajstić information content (AvgIpc) is 2.47. The van der Waals surface area contributed by atoms with Crippen LogP contribution in [0.25, 0.3) is 0 Å². The molecule has 0 bridgehead atoms. The minimum atomic E-state index is -0.598. The Morgan fingerprint density at radius 3 is 2.60 bits per heavy atom. The second-order valence-electron chi connectivity index (χ2n) is 4.09. The SMILES string of the molecule is CSc1ccc(COC(=O)c2cc(Cl)ccc2O)cc1. The zero-order valence-electron chi connectivity index (χ0n) is 10.8. The van der Waals surface area contributed by atoms with E-state index < -0.39 is 5.97 Å². The van der Waals surface area contributed by atoms with Crippen molar-refractivity contribution >= 4 is 29.3 Å². The van der Waals surface area contributed by atoms with E-state index in [-0.39, 0.29) is 17.9 Å². The first-order valence-corrected chi connectivity index (χ1v) is 7.49. The molecular weight excluding hydrogens is 296 g/mol. The Bertz CT molecular complexity index is 611. The summed E-state index contributed by atoms with van der Waals surface area (Å²) in [6, 6.07) is 12.0. The lowest BCUT2D eigenvalue weighted by Crippen LogP contribution is -2.05. The van der Waals surface area contributed by atoms with Crippen molar-refractivity contribution < 1.29 is 14.6 Å². The summed E-state index contributed by atoms with van der Waals surface area (Å²) in [4.78, 5) is 13.0. The van der Waals surface area contributed by atoms with E-state index in [2.05, 4.69) is 0 Å². The van der Waals surface area contributed by atoms with E-state index in [1.807, 2.05) is 30.5 Å². The maximum absolute atomic E-state index is 11.9. The van der Waals surface area contributed by atoms with Gasteiger partial charge in [0.2, 0.25) is 0 Å². The highest BCUT2D eigenvalue weighted by molar-refractivity contribution is 7.98. The molecule has 0 heterocycles. The quantitative estimate of drug-likeness (QED) is 0.681. The topological polar surface area (TPSA) is 46.5 Å². The fourth-order valence-corrected chi connectivity index (χ4v) is 2.20. The molecule has 0 aliphatic heterocycles. The molecule has 0 fully saturated rings. The van der Waals surface area contributed by atoms with Gasteiger partial charge in [-0.1, -0.05) is 23.7 Å². The third-order valence-electron chi connectivity index (χ3n) is 2.71. The van der Waals surface area contributed by atoms with Gasteiger partial charge < -0.3 is 9.84 Å². The zero-order valence-corrected chi connectivity index (χ0v) is 12.4. The first-order valence-electron chi connectivity index (χ1n) is 5.88. The maximum atomic E-state index is 11.9. The molecule has 0 unspecified atom stereocenters. The Hall–Kier alpha value is -1.65. The number of rotatable bonds is 4. The number of halogens is 1. The second-order valence-corrected chi connectivity index (χ2v) is 5.40. The van der Waals surface area contributed by atoms with Gasteiger partial charge in [-0.25, -0.2) is 4.79 Å². The molecule has 3 nitrogen and oxygen atoms in total. The van der Waals surface area contributed by atoms with Crippen LogP contribution in [0.15, 0.2) is 47.4 Å². The molecule has 2 aromatic rings. The lowest BCUT2D eigenvalue weighted by molar-refractivity contribution is 0.0469. The monoisotopic (exact) mass is 308 g/mol. The van der Waals surface area contributed by atoms with Gasteiger partial charge in [-0.2, -0.15) is 0 Å². The van der Waals surface area contributed by atoms with Gasteiger partial charge in [0, 0.05) is 9.92 Å². The number of benzene rings is 2. The van der Waals surface area contributed by atoms with Crippen molar-refractivity contribution in [1.82, 2.24) is 0 Å². The smallest absolute Gasteiger partial charge is 0.342 e. The summed E-state index contributed by atoms with van der Waals surface area (Å²) in [6.07, 6.45) is 2.00. The van der Waals surface area contributed by atoms with Crippen LogP contribution in [-0.2, 0) is 11.3 Å². The van der Waals surface area contributed by atoms with Crippen molar-refractivity contribution in [3.63, 3.8) is 0 Å². The summed E-state index contributed by atoms with van der Waals surface area (Å²) >= 11 is 7.44. The number of thioether (sulfide) groups is 1. The Morgan fingerprint density at radius 1 is 1.25 bits per heavy atom. The molecule has 20 heavy (non-hydrogen) atoms. The second kappa shape index (κ2) is 6.68. The van der Waals surface area contributed by atoms with E-state index in [1.165, 1.54) is 18.2 Å². The van der Waals surface area contributed by atoms with Gasteiger partial charge in [-0.15, -0.1) is 11.8 Å². The Kier molecular flexibility index (Phi) is 4.93. The first kappa shape index (κ1) is 14.8. The summed E-state index contributed by atoms with van der Waals surface area (Å²) < 4.78 is 5.16. The Balaban J connectivity index is 2.02. The van der Waals surface area contributed by atoms with Crippen LogP contribution in [0.3, 0.4) is 0 Å². The van der Waals surface area contributed by atoms with Gasteiger partial charge in [0.05, 0.1) is 0 Å². The number of hydrogen-bond donors (Lipinski definition) is 1. The number of phenols is 1. The summed E-state index contributed by atoms with van der Waals surface area (Å²) in [7, 11) is 0. The van der Waals surface area contributed by atoms with Crippen molar-refractivity contribution in [3.8, 4) is 5.75 Å². The third-order valence-corrected chi connectivity index (χ3v) is 3.69. The molecule has 0 aliphatic rings. The van der Waals surface area contributed by atoms with E-state index in [0.29, 0.717) is 5.02 Å². The molecule has 0 amide bonds. The fourth-order valence-electron chi connectivity index (χ4n) is 1.62. The predicted octanol–water partition coefficient (Wildman–Crippen LogP) is 4.12. The van der Waals surface area contributed by atoms with Crippen LogP contribution in [0.1, 0.15) is 15.9 Å². The van der Waals surface area contributed by atoms with Crippen LogP contribution in [0.2, 0.25) is 5.02 Å². The average molecular weight is 309 g/mol. The minimum Gasteiger partial charge on any atom is -0.507 e. The summed E-state index contributed by atoms with van der Waals surface area (Å²) in [5.74, 6) is -0.740. The highest BCUT2D eigenvalue weighted by atomic mass is 35.5. The standard InChI is InChI=1S/C15H13ClO3S/c1-20-12-5-2-10(3-6-12)9-19-15(18)13-8-11(16)4-7-14(13)17/h2-8,17H,9H2,1H3. The van der Waals surface area contributed by atoms with Crippen molar-refractivity contribution in [1.29, 1.82) is 0 Å². The Morgan fingerprint density at radius 2 is 1.95 bits per heavy atom. The number of esters is 1. The van der Waals surface area contributed by atoms with E-state index in [1.54, 1.807) is 11.8 Å². The lowest BCUT2D eigenvalue weighted by Gasteiger charge is -2.07. The normalized spacial score (nSPS) is 10.3. The van der Waals surface area contributed by atoms with E-state index in [0.717, 1.165) is 10.5 Å². The molecule has 0 atom stereocenters. The highest BCUT2D eigenvalue weighted by Gasteiger charge is 2.13. The molecule has 104 valence electrons. The molecule has 0 aromatic heterocycles. The molecule has 0 aliphatic carbocycles. The lowest BCUT2D eigenvalue weighted by atomic mass is 10.2. The number of ether oxygens (including phenoxy) is 1. The number of carbonyl (C=O) groups excluding carboxylic acids is 1. The van der Waals surface area contributed by atoms with E-state index >= 15 is 0 Å². The molecule has 1 N–H and O–H groups in total.